The van der Waals surface area contributed by atoms with Crippen LogP contribution >= 0.6 is 0 Å². The molecule has 1 saturated heterocycles. The molecule has 1 aromatic rings. The highest BCUT2D eigenvalue weighted by Crippen LogP contribution is 2.20. The lowest BCUT2D eigenvalue weighted by Gasteiger charge is -2.34. The standard InChI is InChI=1S/C17H24N2O3/c1-13(21)15-7-2-3-8-16(15)18-17(22)12-19-10-5-4-6-14(19)9-11-20/h2-3,7-8,14,20H,4-6,9-12H2,1H3,(H,18,22). The van der Waals surface area contributed by atoms with E-state index in [4.69, 9.17) is 5.11 Å². The minimum Gasteiger partial charge on any atom is -0.396 e. The van der Waals surface area contributed by atoms with Gasteiger partial charge in [-0.3, -0.25) is 14.5 Å². The maximum absolute atomic E-state index is 12.3. The number of rotatable bonds is 6. The van der Waals surface area contributed by atoms with Crippen LogP contribution in [0.3, 0.4) is 0 Å². The molecular formula is C17H24N2O3. The van der Waals surface area contributed by atoms with Gasteiger partial charge in [0.2, 0.25) is 5.91 Å². The van der Waals surface area contributed by atoms with E-state index in [1.165, 1.54) is 6.92 Å². The first-order valence-corrected chi connectivity index (χ1v) is 7.86. The predicted octanol–water partition coefficient (Wildman–Crippen LogP) is 2.06. The summed E-state index contributed by atoms with van der Waals surface area (Å²) in [7, 11) is 0. The fraction of sp³-hybridized carbons (Fsp3) is 0.529. The quantitative estimate of drug-likeness (QED) is 0.789. The molecule has 1 atom stereocenters. The van der Waals surface area contributed by atoms with Gasteiger partial charge in [0.15, 0.2) is 5.78 Å². The number of nitrogens with one attached hydrogen (secondary N) is 1. The monoisotopic (exact) mass is 304 g/mol. The van der Waals surface area contributed by atoms with Crippen molar-refractivity contribution in [2.24, 2.45) is 0 Å². The van der Waals surface area contributed by atoms with E-state index < -0.39 is 0 Å². The van der Waals surface area contributed by atoms with Gasteiger partial charge in [-0.1, -0.05) is 18.6 Å². The Labute approximate surface area is 131 Å². The van der Waals surface area contributed by atoms with Crippen molar-refractivity contribution < 1.29 is 14.7 Å². The van der Waals surface area contributed by atoms with Gasteiger partial charge in [-0.25, -0.2) is 0 Å². The van der Waals surface area contributed by atoms with Crippen LogP contribution in [0.4, 0.5) is 5.69 Å². The Kier molecular flexibility index (Phi) is 6.10. The first-order chi connectivity index (χ1) is 10.6. The summed E-state index contributed by atoms with van der Waals surface area (Å²) >= 11 is 0. The van der Waals surface area contributed by atoms with E-state index in [0.29, 0.717) is 24.2 Å². The molecule has 5 nitrogen and oxygen atoms in total. The van der Waals surface area contributed by atoms with Crippen LogP contribution < -0.4 is 5.32 Å². The number of aliphatic hydroxyl groups is 1. The number of para-hydroxylation sites is 1. The van der Waals surface area contributed by atoms with Crippen molar-refractivity contribution in [1.29, 1.82) is 0 Å². The van der Waals surface area contributed by atoms with E-state index in [2.05, 4.69) is 10.2 Å². The summed E-state index contributed by atoms with van der Waals surface area (Å²) in [5.74, 6) is -0.175. The largest absolute Gasteiger partial charge is 0.396 e. The van der Waals surface area contributed by atoms with E-state index in [0.717, 1.165) is 25.8 Å². The molecule has 1 aliphatic rings. The van der Waals surface area contributed by atoms with Gasteiger partial charge in [0.1, 0.15) is 0 Å². The fourth-order valence-electron chi connectivity index (χ4n) is 3.02. The number of ketones is 1. The normalized spacial score (nSPS) is 18.9. The SMILES string of the molecule is CC(=O)c1ccccc1NC(=O)CN1CCCCC1CCO. The number of benzene rings is 1. The highest BCUT2D eigenvalue weighted by Gasteiger charge is 2.24. The third kappa shape index (κ3) is 4.39. The Hall–Kier alpha value is -1.72. The van der Waals surface area contributed by atoms with E-state index in [-0.39, 0.29) is 24.3 Å². The zero-order chi connectivity index (χ0) is 15.9. The van der Waals surface area contributed by atoms with Crippen molar-refractivity contribution in [2.75, 3.05) is 25.0 Å². The number of amides is 1. The molecule has 0 aromatic heterocycles. The van der Waals surface area contributed by atoms with Gasteiger partial charge in [0.25, 0.3) is 0 Å². The number of hydrogen-bond acceptors (Lipinski definition) is 4. The molecule has 1 amide bonds. The fourth-order valence-corrected chi connectivity index (χ4v) is 3.02. The number of piperidine rings is 1. The lowest BCUT2D eigenvalue weighted by atomic mass is 9.99. The smallest absolute Gasteiger partial charge is 0.238 e. The van der Waals surface area contributed by atoms with Crippen molar-refractivity contribution in [1.82, 2.24) is 4.90 Å². The zero-order valence-corrected chi connectivity index (χ0v) is 13.0. The van der Waals surface area contributed by atoms with E-state index in [9.17, 15) is 9.59 Å². The van der Waals surface area contributed by atoms with Crippen molar-refractivity contribution in [3.05, 3.63) is 29.8 Å². The molecule has 2 N–H and O–H groups in total. The summed E-state index contributed by atoms with van der Waals surface area (Å²) < 4.78 is 0. The van der Waals surface area contributed by atoms with Gasteiger partial charge < -0.3 is 10.4 Å². The molecule has 120 valence electrons. The van der Waals surface area contributed by atoms with Gasteiger partial charge in [-0.15, -0.1) is 0 Å². The Balaban J connectivity index is 1.99. The molecule has 0 radical (unpaired) electrons. The molecule has 1 aliphatic heterocycles. The Morgan fingerprint density at radius 3 is 2.82 bits per heavy atom. The maximum Gasteiger partial charge on any atom is 0.238 e. The summed E-state index contributed by atoms with van der Waals surface area (Å²) in [4.78, 5) is 26.0. The molecule has 0 saturated carbocycles. The first kappa shape index (κ1) is 16.6. The summed E-state index contributed by atoms with van der Waals surface area (Å²) in [5, 5.41) is 12.0. The van der Waals surface area contributed by atoms with Crippen molar-refractivity contribution >= 4 is 17.4 Å². The van der Waals surface area contributed by atoms with Crippen molar-refractivity contribution in [2.45, 2.75) is 38.6 Å². The summed E-state index contributed by atoms with van der Waals surface area (Å²) in [6, 6.07) is 7.32. The van der Waals surface area contributed by atoms with Gasteiger partial charge in [-0.05, 0) is 44.9 Å². The first-order valence-electron chi connectivity index (χ1n) is 7.86. The van der Waals surface area contributed by atoms with Crippen LogP contribution in [0.5, 0.6) is 0 Å². The van der Waals surface area contributed by atoms with Gasteiger partial charge in [0, 0.05) is 18.2 Å². The second kappa shape index (κ2) is 8.06. The molecule has 5 heteroatoms. The molecule has 0 bridgehead atoms. The van der Waals surface area contributed by atoms with Gasteiger partial charge in [0.05, 0.1) is 12.2 Å². The number of likely N-dealkylation sites (tertiary alicyclic amines) is 1. The van der Waals surface area contributed by atoms with Crippen LogP contribution in [0.25, 0.3) is 0 Å². The molecular weight excluding hydrogens is 280 g/mol. The number of Topliss-reactive ketones (excluding diaryl/α,β-unsaturated/α-hetero) is 1. The zero-order valence-electron chi connectivity index (χ0n) is 13.0. The molecule has 0 spiro atoms. The Bertz CT molecular complexity index is 528. The van der Waals surface area contributed by atoms with Crippen molar-refractivity contribution in [3.63, 3.8) is 0 Å². The average molecular weight is 304 g/mol. The number of aliphatic hydroxyl groups excluding tert-OH is 1. The number of anilines is 1. The predicted molar refractivity (Wildman–Crippen MR) is 86.0 cm³/mol. The van der Waals surface area contributed by atoms with E-state index >= 15 is 0 Å². The molecule has 22 heavy (non-hydrogen) atoms. The van der Waals surface area contributed by atoms with Crippen LogP contribution in [0.2, 0.25) is 0 Å². The number of nitrogens with zero attached hydrogens (tertiary/aromatic N) is 1. The second-order valence-electron chi connectivity index (χ2n) is 5.78. The third-order valence-electron chi connectivity index (χ3n) is 4.14. The minimum absolute atomic E-state index is 0.0629. The Morgan fingerprint density at radius 2 is 2.09 bits per heavy atom. The van der Waals surface area contributed by atoms with Crippen LogP contribution in [-0.4, -0.2) is 47.4 Å². The lowest BCUT2D eigenvalue weighted by Crippen LogP contribution is -2.44. The third-order valence-corrected chi connectivity index (χ3v) is 4.14. The summed E-state index contributed by atoms with van der Waals surface area (Å²) in [6.45, 7) is 2.83. The summed E-state index contributed by atoms with van der Waals surface area (Å²) in [5.41, 5.74) is 1.09. The van der Waals surface area contributed by atoms with Crippen LogP contribution in [0, 0.1) is 0 Å². The molecule has 1 aromatic carbocycles. The van der Waals surface area contributed by atoms with Crippen LogP contribution in [0.1, 0.15) is 43.0 Å². The lowest BCUT2D eigenvalue weighted by molar-refractivity contribution is -0.118. The van der Waals surface area contributed by atoms with E-state index in [1.807, 2.05) is 0 Å². The number of hydrogen-bond donors (Lipinski definition) is 2. The number of carbonyl (C=O) groups excluding carboxylic acids is 2. The second-order valence-corrected chi connectivity index (χ2v) is 5.78. The highest BCUT2D eigenvalue weighted by atomic mass is 16.3. The summed E-state index contributed by atoms with van der Waals surface area (Å²) in [6.07, 6.45) is 3.96. The highest BCUT2D eigenvalue weighted by molar-refractivity contribution is 6.04. The molecule has 1 unspecified atom stereocenters. The minimum atomic E-state index is -0.112. The van der Waals surface area contributed by atoms with Crippen LogP contribution in [0.15, 0.2) is 24.3 Å². The molecule has 1 heterocycles. The van der Waals surface area contributed by atoms with Gasteiger partial charge >= 0.3 is 0 Å². The van der Waals surface area contributed by atoms with Crippen LogP contribution in [-0.2, 0) is 4.79 Å². The average Bonchev–Trinajstić information content (AvgIpc) is 2.50. The maximum atomic E-state index is 12.3. The molecule has 0 aliphatic carbocycles. The van der Waals surface area contributed by atoms with E-state index in [1.54, 1.807) is 24.3 Å². The molecule has 2 rings (SSSR count). The van der Waals surface area contributed by atoms with Gasteiger partial charge in [-0.2, -0.15) is 0 Å². The number of carbonyl (C=O) groups is 2. The topological polar surface area (TPSA) is 69.6 Å². The molecule has 1 fully saturated rings. The Morgan fingerprint density at radius 1 is 1.32 bits per heavy atom. The van der Waals surface area contributed by atoms with Crippen molar-refractivity contribution in [3.8, 4) is 0 Å².